The highest BCUT2D eigenvalue weighted by Crippen LogP contribution is 2.25. The fourth-order valence-electron chi connectivity index (χ4n) is 4.22. The Morgan fingerprint density at radius 3 is 1.68 bits per heavy atom. The Balaban J connectivity index is 1.36. The van der Waals surface area contributed by atoms with Gasteiger partial charge in [0.25, 0.3) is 23.2 Å². The predicted octanol–water partition coefficient (Wildman–Crippen LogP) is 3.18. The molecule has 1 aliphatic rings. The van der Waals surface area contributed by atoms with Gasteiger partial charge in [0.1, 0.15) is 6.54 Å². The van der Waals surface area contributed by atoms with Crippen LogP contribution in [0, 0.1) is 34.1 Å². The van der Waals surface area contributed by atoms with E-state index in [-0.39, 0.29) is 39.2 Å². The van der Waals surface area contributed by atoms with E-state index in [9.17, 15) is 49.0 Å². The molecule has 0 unspecified atom stereocenters. The summed E-state index contributed by atoms with van der Waals surface area (Å²) in [6, 6.07) is 10.9. The van der Waals surface area contributed by atoms with Crippen molar-refractivity contribution in [3.8, 4) is 0 Å². The summed E-state index contributed by atoms with van der Waals surface area (Å²) in [7, 11) is 0. The molecule has 0 saturated heterocycles. The van der Waals surface area contributed by atoms with Gasteiger partial charge < -0.3 is 9.47 Å². The fraction of sp³-hybridized carbons (Fsp3) is 0.172. The van der Waals surface area contributed by atoms with Crippen LogP contribution < -0.4 is 0 Å². The van der Waals surface area contributed by atoms with Gasteiger partial charge in [-0.3, -0.25) is 49.1 Å². The average Bonchev–Trinajstić information content (AvgIpc) is 3.22. The van der Waals surface area contributed by atoms with E-state index in [0.29, 0.717) is 16.0 Å². The van der Waals surface area contributed by atoms with Gasteiger partial charge in [0, 0.05) is 34.4 Å². The molecule has 0 bridgehead atoms. The number of hydrogen-bond acceptors (Lipinski definition) is 12. The second-order valence-corrected chi connectivity index (χ2v) is 9.56. The Kier molecular flexibility index (Phi) is 8.69. The van der Waals surface area contributed by atoms with Gasteiger partial charge in [-0.1, -0.05) is 24.3 Å². The van der Waals surface area contributed by atoms with Crippen LogP contribution in [0.4, 0.5) is 11.4 Å². The predicted molar refractivity (Wildman–Crippen MR) is 147 cm³/mol. The lowest BCUT2D eigenvalue weighted by Gasteiger charge is -2.12. The van der Waals surface area contributed by atoms with Gasteiger partial charge in [-0.05, 0) is 32.0 Å². The van der Waals surface area contributed by atoms with Crippen LogP contribution in [-0.4, -0.2) is 69.8 Å². The number of benzene rings is 3. The van der Waals surface area contributed by atoms with Crippen molar-refractivity contribution in [1.29, 1.82) is 0 Å². The van der Waals surface area contributed by atoms with Crippen molar-refractivity contribution < 1.29 is 48.1 Å². The van der Waals surface area contributed by atoms with Crippen molar-refractivity contribution in [2.45, 2.75) is 13.8 Å². The standard InChI is InChI=1S/C29H21N3O12/c1-15-3-5-17(10-22(15)31(39)40)24(33)13-43-26(35)12-30-27(36)20-8-7-19(9-21(20)28(30)37)29(38)44-14-25(34)18-6-4-16(2)23(11-18)32(41)42/h3-11H,12-14H2,1-2H3. The number of Topliss-reactive ketones (excluding diaryl/α,β-unsaturated/α-hetero) is 2. The van der Waals surface area contributed by atoms with Crippen LogP contribution in [0.5, 0.6) is 0 Å². The molecule has 4 rings (SSSR count). The molecule has 0 radical (unpaired) electrons. The van der Waals surface area contributed by atoms with Crippen LogP contribution in [0.3, 0.4) is 0 Å². The minimum Gasteiger partial charge on any atom is -0.456 e. The molecule has 44 heavy (non-hydrogen) atoms. The van der Waals surface area contributed by atoms with Crippen molar-refractivity contribution in [2.75, 3.05) is 19.8 Å². The summed E-state index contributed by atoms with van der Waals surface area (Å²) < 4.78 is 9.87. The van der Waals surface area contributed by atoms with Gasteiger partial charge in [0.05, 0.1) is 26.5 Å². The van der Waals surface area contributed by atoms with Crippen molar-refractivity contribution in [3.63, 3.8) is 0 Å². The average molecular weight is 603 g/mol. The summed E-state index contributed by atoms with van der Waals surface area (Å²) in [5, 5.41) is 22.2. The number of fused-ring (bicyclic) bond motifs is 1. The first-order valence-electron chi connectivity index (χ1n) is 12.7. The number of ether oxygens (including phenoxy) is 2. The molecule has 0 spiro atoms. The lowest BCUT2D eigenvalue weighted by Crippen LogP contribution is -2.36. The highest BCUT2D eigenvalue weighted by Gasteiger charge is 2.38. The Bertz CT molecular complexity index is 1800. The number of rotatable bonds is 11. The first kappa shape index (κ1) is 30.8. The van der Waals surface area contributed by atoms with Crippen LogP contribution in [0.25, 0.3) is 0 Å². The van der Waals surface area contributed by atoms with Crippen LogP contribution in [0.1, 0.15) is 62.9 Å². The van der Waals surface area contributed by atoms with Crippen molar-refractivity contribution in [2.24, 2.45) is 0 Å². The zero-order valence-electron chi connectivity index (χ0n) is 23.1. The van der Waals surface area contributed by atoms with E-state index in [2.05, 4.69) is 0 Å². The lowest BCUT2D eigenvalue weighted by molar-refractivity contribution is -0.385. The summed E-state index contributed by atoms with van der Waals surface area (Å²) in [6.45, 7) is 0.583. The topological polar surface area (TPSA) is 210 Å². The zero-order valence-corrected chi connectivity index (χ0v) is 23.1. The molecular weight excluding hydrogens is 582 g/mol. The minimum atomic E-state index is -1.11. The van der Waals surface area contributed by atoms with Gasteiger partial charge in [0.2, 0.25) is 11.6 Å². The number of hydrogen-bond donors (Lipinski definition) is 0. The number of nitro benzene ring substituents is 2. The third kappa shape index (κ3) is 6.35. The summed E-state index contributed by atoms with van der Waals surface area (Å²) in [6.07, 6.45) is 0. The van der Waals surface area contributed by atoms with Gasteiger partial charge in [0.15, 0.2) is 13.2 Å². The normalized spacial score (nSPS) is 12.0. The van der Waals surface area contributed by atoms with E-state index in [0.717, 1.165) is 24.3 Å². The molecule has 15 heteroatoms. The van der Waals surface area contributed by atoms with Crippen LogP contribution >= 0.6 is 0 Å². The molecule has 3 aromatic carbocycles. The van der Waals surface area contributed by atoms with E-state index in [1.807, 2.05) is 0 Å². The summed E-state index contributed by atoms with van der Waals surface area (Å²) in [4.78, 5) is 96.8. The maximum atomic E-state index is 12.9. The van der Waals surface area contributed by atoms with Gasteiger partial charge in [-0.2, -0.15) is 0 Å². The van der Waals surface area contributed by atoms with Crippen LogP contribution in [0.2, 0.25) is 0 Å². The number of nitro groups is 2. The molecule has 1 aliphatic heterocycles. The van der Waals surface area contributed by atoms with E-state index in [1.165, 1.54) is 44.2 Å². The lowest BCUT2D eigenvalue weighted by atomic mass is 10.1. The molecule has 0 saturated carbocycles. The van der Waals surface area contributed by atoms with Crippen molar-refractivity contribution in [1.82, 2.24) is 4.90 Å². The number of esters is 2. The van der Waals surface area contributed by atoms with E-state index in [4.69, 9.17) is 9.47 Å². The molecule has 224 valence electrons. The quantitative estimate of drug-likeness (QED) is 0.102. The molecule has 0 fully saturated rings. The van der Waals surface area contributed by atoms with E-state index in [1.54, 1.807) is 0 Å². The second-order valence-electron chi connectivity index (χ2n) is 9.56. The molecule has 2 amide bonds. The first-order valence-corrected chi connectivity index (χ1v) is 12.7. The third-order valence-electron chi connectivity index (χ3n) is 6.65. The minimum absolute atomic E-state index is 0.0470. The second kappa shape index (κ2) is 12.4. The van der Waals surface area contributed by atoms with E-state index < -0.39 is 64.9 Å². The Labute approximate surface area is 247 Å². The largest absolute Gasteiger partial charge is 0.456 e. The summed E-state index contributed by atoms with van der Waals surface area (Å²) in [5.41, 5.74) is -0.545. The zero-order chi connectivity index (χ0) is 32.3. The molecule has 0 aliphatic carbocycles. The van der Waals surface area contributed by atoms with Crippen molar-refractivity contribution in [3.05, 3.63) is 114 Å². The Hall–Kier alpha value is -6.12. The van der Waals surface area contributed by atoms with Gasteiger partial charge in [-0.15, -0.1) is 0 Å². The number of amides is 2. The monoisotopic (exact) mass is 603 g/mol. The number of carbonyl (C=O) groups excluding carboxylic acids is 6. The molecule has 1 heterocycles. The smallest absolute Gasteiger partial charge is 0.338 e. The number of imide groups is 1. The van der Waals surface area contributed by atoms with Gasteiger partial charge in [-0.25, -0.2) is 4.79 Å². The van der Waals surface area contributed by atoms with Crippen molar-refractivity contribution >= 4 is 46.7 Å². The maximum absolute atomic E-state index is 12.9. The Morgan fingerprint density at radius 2 is 1.16 bits per heavy atom. The Morgan fingerprint density at radius 1 is 0.682 bits per heavy atom. The molecule has 0 atom stereocenters. The number of nitrogens with zero attached hydrogens (tertiary/aromatic N) is 3. The molecule has 0 aromatic heterocycles. The molecule has 3 aromatic rings. The molecular formula is C29H21N3O12. The SMILES string of the molecule is Cc1ccc(C(=O)COC(=O)CN2C(=O)c3ccc(C(=O)OCC(=O)c4ccc(C)c([N+](=O)[O-])c4)cc3C2=O)cc1[N+](=O)[O-]. The van der Waals surface area contributed by atoms with Crippen LogP contribution in [-0.2, 0) is 14.3 Å². The highest BCUT2D eigenvalue weighted by molar-refractivity contribution is 6.22. The van der Waals surface area contributed by atoms with Gasteiger partial charge >= 0.3 is 11.9 Å². The third-order valence-corrected chi connectivity index (χ3v) is 6.65. The summed E-state index contributed by atoms with van der Waals surface area (Å²) >= 11 is 0. The maximum Gasteiger partial charge on any atom is 0.338 e. The summed E-state index contributed by atoms with van der Waals surface area (Å²) in [5.74, 6) is -5.37. The fourth-order valence-corrected chi connectivity index (χ4v) is 4.22. The molecule has 0 N–H and O–H groups in total. The number of aryl methyl sites for hydroxylation is 2. The number of carbonyl (C=O) groups is 6. The van der Waals surface area contributed by atoms with E-state index >= 15 is 0 Å². The first-order chi connectivity index (χ1) is 20.8. The highest BCUT2D eigenvalue weighted by atomic mass is 16.6. The van der Waals surface area contributed by atoms with Crippen LogP contribution in [0.15, 0.2) is 54.6 Å². The molecule has 15 nitrogen and oxygen atoms in total. The number of ketones is 2.